The number of benzene rings is 1. The van der Waals surface area contributed by atoms with Gasteiger partial charge in [0, 0.05) is 45.3 Å². The van der Waals surface area contributed by atoms with Gasteiger partial charge in [-0.3, -0.25) is 4.90 Å². The molecule has 0 aliphatic carbocycles. The number of nitrogens with one attached hydrogen (secondary N) is 1. The van der Waals surface area contributed by atoms with Gasteiger partial charge in [0.15, 0.2) is 0 Å². The van der Waals surface area contributed by atoms with Gasteiger partial charge in [-0.05, 0) is 37.8 Å². The van der Waals surface area contributed by atoms with Crippen molar-refractivity contribution >= 4 is 0 Å². The molecule has 1 aromatic carbocycles. The molecule has 2 atom stereocenters. The van der Waals surface area contributed by atoms with Gasteiger partial charge in [0.2, 0.25) is 0 Å². The van der Waals surface area contributed by atoms with Gasteiger partial charge in [-0.15, -0.1) is 0 Å². The summed E-state index contributed by atoms with van der Waals surface area (Å²) < 4.78 is 0. The molecule has 2 unspecified atom stereocenters. The molecule has 116 valence electrons. The van der Waals surface area contributed by atoms with Crippen LogP contribution >= 0.6 is 0 Å². The fourth-order valence-electron chi connectivity index (χ4n) is 3.74. The van der Waals surface area contributed by atoms with Crippen molar-refractivity contribution in [3.8, 4) is 0 Å². The maximum absolute atomic E-state index is 3.56. The second kappa shape index (κ2) is 7.39. The normalized spacial score (nSPS) is 28.6. The molecule has 2 fully saturated rings. The minimum Gasteiger partial charge on any atom is -0.314 e. The lowest BCUT2D eigenvalue weighted by atomic mass is 9.92. The zero-order chi connectivity index (χ0) is 14.5. The molecule has 0 saturated carbocycles. The number of nitrogens with zero attached hydrogens (tertiary/aromatic N) is 2. The van der Waals surface area contributed by atoms with Crippen molar-refractivity contribution in [2.45, 2.75) is 32.4 Å². The van der Waals surface area contributed by atoms with E-state index in [9.17, 15) is 0 Å². The van der Waals surface area contributed by atoms with Crippen molar-refractivity contribution in [1.82, 2.24) is 15.1 Å². The summed E-state index contributed by atoms with van der Waals surface area (Å²) in [6.07, 6.45) is 2.71. The zero-order valence-corrected chi connectivity index (χ0v) is 13.3. The Morgan fingerprint density at radius 3 is 2.48 bits per heavy atom. The predicted octanol–water partition coefficient (Wildman–Crippen LogP) is 2.19. The average Bonchev–Trinajstić information content (AvgIpc) is 2.50. The van der Waals surface area contributed by atoms with Gasteiger partial charge in [-0.2, -0.15) is 0 Å². The van der Waals surface area contributed by atoms with Crippen LogP contribution in [-0.4, -0.2) is 55.1 Å². The van der Waals surface area contributed by atoms with Crippen LogP contribution < -0.4 is 5.32 Å². The molecule has 3 rings (SSSR count). The molecular formula is C18H29N3. The number of piperazine rings is 1. The molecule has 3 heteroatoms. The van der Waals surface area contributed by atoms with Crippen LogP contribution in [0.5, 0.6) is 0 Å². The van der Waals surface area contributed by atoms with Crippen LogP contribution in [-0.2, 0) is 6.54 Å². The molecule has 2 aliphatic heterocycles. The van der Waals surface area contributed by atoms with Gasteiger partial charge in [-0.25, -0.2) is 0 Å². The molecule has 2 aliphatic rings. The van der Waals surface area contributed by atoms with E-state index in [2.05, 4.69) is 52.4 Å². The van der Waals surface area contributed by atoms with Crippen molar-refractivity contribution in [1.29, 1.82) is 0 Å². The van der Waals surface area contributed by atoms with Gasteiger partial charge in [0.1, 0.15) is 0 Å². The standard InChI is InChI=1S/C18H29N3/c1-16-13-18(7-8-19-16)15-21-11-9-20(10-12-21)14-17-5-3-2-4-6-17/h2-6,16,18-19H,7-15H2,1H3. The van der Waals surface area contributed by atoms with Gasteiger partial charge in [0.25, 0.3) is 0 Å². The maximum atomic E-state index is 3.56. The third-order valence-electron chi connectivity index (χ3n) is 4.96. The Morgan fingerprint density at radius 1 is 1.05 bits per heavy atom. The summed E-state index contributed by atoms with van der Waals surface area (Å²) in [5, 5.41) is 3.56. The molecule has 0 spiro atoms. The molecule has 0 aromatic heterocycles. The Labute approximate surface area is 129 Å². The zero-order valence-electron chi connectivity index (χ0n) is 13.3. The fraction of sp³-hybridized carbons (Fsp3) is 0.667. The van der Waals surface area contributed by atoms with E-state index in [1.165, 1.54) is 57.7 Å². The van der Waals surface area contributed by atoms with Gasteiger partial charge < -0.3 is 10.2 Å². The fourth-order valence-corrected chi connectivity index (χ4v) is 3.74. The van der Waals surface area contributed by atoms with Crippen molar-refractivity contribution in [3.63, 3.8) is 0 Å². The van der Waals surface area contributed by atoms with Crippen LogP contribution in [0.3, 0.4) is 0 Å². The lowest BCUT2D eigenvalue weighted by Gasteiger charge is -2.38. The van der Waals surface area contributed by atoms with Crippen LogP contribution in [0.15, 0.2) is 30.3 Å². The Balaban J connectivity index is 1.40. The largest absolute Gasteiger partial charge is 0.314 e. The third-order valence-corrected chi connectivity index (χ3v) is 4.96. The van der Waals surface area contributed by atoms with E-state index in [-0.39, 0.29) is 0 Å². The lowest BCUT2D eigenvalue weighted by molar-refractivity contribution is 0.103. The molecule has 0 bridgehead atoms. The first-order valence-corrected chi connectivity index (χ1v) is 8.51. The summed E-state index contributed by atoms with van der Waals surface area (Å²) >= 11 is 0. The summed E-state index contributed by atoms with van der Waals surface area (Å²) in [6, 6.07) is 11.6. The highest BCUT2D eigenvalue weighted by Gasteiger charge is 2.23. The second-order valence-corrected chi connectivity index (χ2v) is 6.81. The SMILES string of the molecule is CC1CC(CN2CCN(Cc3ccccc3)CC2)CCN1. The van der Waals surface area contributed by atoms with E-state index in [1.54, 1.807) is 0 Å². The molecule has 0 radical (unpaired) electrons. The first-order valence-electron chi connectivity index (χ1n) is 8.51. The van der Waals surface area contributed by atoms with E-state index in [0.717, 1.165) is 12.5 Å². The first kappa shape index (κ1) is 15.0. The van der Waals surface area contributed by atoms with Gasteiger partial charge in [-0.1, -0.05) is 30.3 Å². The highest BCUT2D eigenvalue weighted by atomic mass is 15.3. The Bertz CT molecular complexity index is 412. The number of hydrogen-bond donors (Lipinski definition) is 1. The lowest BCUT2D eigenvalue weighted by Crippen LogP contribution is -2.48. The van der Waals surface area contributed by atoms with Crippen molar-refractivity contribution in [2.75, 3.05) is 39.3 Å². The Kier molecular flexibility index (Phi) is 5.28. The van der Waals surface area contributed by atoms with E-state index in [4.69, 9.17) is 0 Å². The summed E-state index contributed by atoms with van der Waals surface area (Å²) in [7, 11) is 0. The van der Waals surface area contributed by atoms with Crippen molar-refractivity contribution in [2.24, 2.45) is 5.92 Å². The van der Waals surface area contributed by atoms with E-state index >= 15 is 0 Å². The van der Waals surface area contributed by atoms with Crippen molar-refractivity contribution < 1.29 is 0 Å². The number of piperidine rings is 1. The average molecular weight is 287 g/mol. The van der Waals surface area contributed by atoms with Gasteiger partial charge >= 0.3 is 0 Å². The minimum atomic E-state index is 0.711. The summed E-state index contributed by atoms with van der Waals surface area (Å²) in [5.41, 5.74) is 1.44. The first-order chi connectivity index (χ1) is 10.3. The minimum absolute atomic E-state index is 0.711. The van der Waals surface area contributed by atoms with Crippen LogP contribution in [0.2, 0.25) is 0 Å². The third kappa shape index (κ3) is 4.53. The van der Waals surface area contributed by atoms with Crippen molar-refractivity contribution in [3.05, 3.63) is 35.9 Å². The van der Waals surface area contributed by atoms with E-state index in [1.807, 2.05) is 0 Å². The summed E-state index contributed by atoms with van der Waals surface area (Å²) in [4.78, 5) is 5.28. The molecule has 1 N–H and O–H groups in total. The van der Waals surface area contributed by atoms with E-state index in [0.29, 0.717) is 6.04 Å². The predicted molar refractivity (Wildman–Crippen MR) is 88.3 cm³/mol. The Hall–Kier alpha value is -0.900. The molecule has 2 heterocycles. The quantitative estimate of drug-likeness (QED) is 0.916. The summed E-state index contributed by atoms with van der Waals surface area (Å²) in [6.45, 7) is 10.9. The highest BCUT2D eigenvalue weighted by Crippen LogP contribution is 2.18. The molecular weight excluding hydrogens is 258 g/mol. The molecule has 21 heavy (non-hydrogen) atoms. The second-order valence-electron chi connectivity index (χ2n) is 6.81. The molecule has 3 nitrogen and oxygen atoms in total. The van der Waals surface area contributed by atoms with Crippen LogP contribution in [0, 0.1) is 5.92 Å². The van der Waals surface area contributed by atoms with E-state index < -0.39 is 0 Å². The molecule has 1 aromatic rings. The number of hydrogen-bond acceptors (Lipinski definition) is 3. The summed E-state index contributed by atoms with van der Waals surface area (Å²) in [5.74, 6) is 0.905. The Morgan fingerprint density at radius 2 is 1.76 bits per heavy atom. The highest BCUT2D eigenvalue weighted by molar-refractivity contribution is 5.14. The topological polar surface area (TPSA) is 18.5 Å². The van der Waals surface area contributed by atoms with Crippen LogP contribution in [0.25, 0.3) is 0 Å². The van der Waals surface area contributed by atoms with Gasteiger partial charge in [0.05, 0.1) is 0 Å². The molecule has 0 amide bonds. The molecule has 2 saturated heterocycles. The van der Waals surface area contributed by atoms with Crippen LogP contribution in [0.1, 0.15) is 25.3 Å². The smallest absolute Gasteiger partial charge is 0.0234 e. The van der Waals surface area contributed by atoms with Crippen LogP contribution in [0.4, 0.5) is 0 Å². The maximum Gasteiger partial charge on any atom is 0.0234 e. The number of rotatable bonds is 4. The monoisotopic (exact) mass is 287 g/mol.